The summed E-state index contributed by atoms with van der Waals surface area (Å²) in [6.45, 7) is 1.90. The van der Waals surface area contributed by atoms with E-state index in [4.69, 9.17) is 5.84 Å². The third-order valence-electron chi connectivity index (χ3n) is 3.95. The second kappa shape index (κ2) is 5.58. The molecule has 0 unspecified atom stereocenters. The van der Waals surface area contributed by atoms with Crippen molar-refractivity contribution in [3.63, 3.8) is 0 Å². The van der Waals surface area contributed by atoms with Gasteiger partial charge in [-0.1, -0.05) is 6.92 Å². The van der Waals surface area contributed by atoms with Crippen LogP contribution in [0, 0.1) is 10.1 Å². The molecule has 0 bridgehead atoms. The number of hydrogen-bond acceptors (Lipinski definition) is 6. The van der Waals surface area contributed by atoms with Gasteiger partial charge in [0, 0.05) is 11.6 Å². The Bertz CT molecular complexity index is 650. The van der Waals surface area contributed by atoms with E-state index in [-0.39, 0.29) is 10.6 Å². The first-order chi connectivity index (χ1) is 9.83. The smallest absolute Gasteiger partial charge is 0.291 e. The minimum Gasteiger partial charge on any atom is -0.324 e. The van der Waals surface area contributed by atoms with Gasteiger partial charge in [0.2, 0.25) is 10.0 Å². The van der Waals surface area contributed by atoms with Crippen molar-refractivity contribution in [2.24, 2.45) is 5.84 Å². The van der Waals surface area contributed by atoms with Gasteiger partial charge in [0.1, 0.15) is 0 Å². The second-order valence-electron chi connectivity index (χ2n) is 5.18. The van der Waals surface area contributed by atoms with Gasteiger partial charge >= 0.3 is 0 Å². The largest absolute Gasteiger partial charge is 0.324 e. The van der Waals surface area contributed by atoms with E-state index >= 15 is 0 Å². The van der Waals surface area contributed by atoms with E-state index in [9.17, 15) is 18.5 Å². The van der Waals surface area contributed by atoms with E-state index in [0.29, 0.717) is 6.42 Å². The highest BCUT2D eigenvalue weighted by atomic mass is 32.2. The first kappa shape index (κ1) is 15.7. The number of rotatable bonds is 6. The van der Waals surface area contributed by atoms with Crippen LogP contribution >= 0.6 is 0 Å². The molecule has 21 heavy (non-hydrogen) atoms. The topological polar surface area (TPSA) is 127 Å². The van der Waals surface area contributed by atoms with E-state index in [2.05, 4.69) is 10.1 Å². The summed E-state index contributed by atoms with van der Waals surface area (Å²) in [5, 5.41) is 11.1. The van der Waals surface area contributed by atoms with Crippen LogP contribution in [-0.4, -0.2) is 18.9 Å². The number of sulfonamides is 1. The molecule has 0 heterocycles. The van der Waals surface area contributed by atoms with Crippen molar-refractivity contribution in [1.29, 1.82) is 0 Å². The summed E-state index contributed by atoms with van der Waals surface area (Å²) in [5.41, 5.74) is 1.56. The monoisotopic (exact) mass is 314 g/mol. The molecule has 116 valence electrons. The van der Waals surface area contributed by atoms with Gasteiger partial charge in [-0.05, 0) is 37.8 Å². The Morgan fingerprint density at radius 1 is 1.43 bits per heavy atom. The predicted molar refractivity (Wildman–Crippen MR) is 78.1 cm³/mol. The van der Waals surface area contributed by atoms with Crippen molar-refractivity contribution < 1.29 is 13.3 Å². The molecular formula is C12H18N4O4S. The molecule has 0 atom stereocenters. The molecule has 1 aliphatic rings. The second-order valence-corrected chi connectivity index (χ2v) is 6.83. The van der Waals surface area contributed by atoms with Gasteiger partial charge in [-0.2, -0.15) is 0 Å². The zero-order valence-electron chi connectivity index (χ0n) is 11.6. The van der Waals surface area contributed by atoms with Gasteiger partial charge in [0.15, 0.2) is 4.90 Å². The maximum atomic E-state index is 12.5. The van der Waals surface area contributed by atoms with Crippen LogP contribution in [-0.2, 0) is 10.0 Å². The zero-order chi connectivity index (χ0) is 15.7. The molecule has 0 spiro atoms. The van der Waals surface area contributed by atoms with Crippen molar-refractivity contribution in [3.8, 4) is 0 Å². The number of nitrogens with one attached hydrogen (secondary N) is 2. The highest BCUT2D eigenvalue weighted by Crippen LogP contribution is 2.37. The molecule has 1 saturated carbocycles. The van der Waals surface area contributed by atoms with E-state index in [1.54, 1.807) is 0 Å². The average molecular weight is 314 g/mol. The van der Waals surface area contributed by atoms with Crippen LogP contribution in [0.5, 0.6) is 0 Å². The maximum Gasteiger partial charge on any atom is 0.291 e. The van der Waals surface area contributed by atoms with Crippen LogP contribution < -0.4 is 16.0 Å². The summed E-state index contributed by atoms with van der Waals surface area (Å²) in [4.78, 5) is 10.0. The standard InChI is InChI=1S/C12H18N4O4S/c1-2-12(6-3-7-12)15-21(19,20)11-5-4-9(14-13)8-10(11)16(17)18/h4-5,8,14-15H,2-3,6-7,13H2,1H3. The Labute approximate surface area is 122 Å². The number of nitrogens with zero attached hydrogens (tertiary/aromatic N) is 1. The predicted octanol–water partition coefficient (Wildman–Crippen LogP) is 1.49. The molecule has 8 nitrogen and oxygen atoms in total. The zero-order valence-corrected chi connectivity index (χ0v) is 12.4. The Morgan fingerprint density at radius 3 is 2.52 bits per heavy atom. The lowest BCUT2D eigenvalue weighted by molar-refractivity contribution is -0.387. The van der Waals surface area contributed by atoms with Gasteiger partial charge in [-0.15, -0.1) is 0 Å². The lowest BCUT2D eigenvalue weighted by atomic mass is 9.76. The van der Waals surface area contributed by atoms with E-state index in [0.717, 1.165) is 25.3 Å². The summed E-state index contributed by atoms with van der Waals surface area (Å²) in [6, 6.07) is 3.69. The third kappa shape index (κ3) is 2.99. The normalized spacial score (nSPS) is 17.0. The van der Waals surface area contributed by atoms with Gasteiger partial charge in [0.25, 0.3) is 5.69 Å². The molecule has 4 N–H and O–H groups in total. The first-order valence-corrected chi connectivity index (χ1v) is 8.11. The first-order valence-electron chi connectivity index (χ1n) is 6.62. The molecule has 1 fully saturated rings. The quantitative estimate of drug-likeness (QED) is 0.414. The van der Waals surface area contributed by atoms with Crippen molar-refractivity contribution in [2.75, 3.05) is 5.43 Å². The number of nitro benzene ring substituents is 1. The van der Waals surface area contributed by atoms with Crippen LogP contribution in [0.3, 0.4) is 0 Å². The number of hydrazine groups is 1. The molecule has 0 aromatic heterocycles. The van der Waals surface area contributed by atoms with Gasteiger partial charge in [0.05, 0.1) is 10.6 Å². The third-order valence-corrected chi connectivity index (χ3v) is 5.58. The molecular weight excluding hydrogens is 296 g/mol. The summed E-state index contributed by atoms with van der Waals surface area (Å²) < 4.78 is 27.5. The van der Waals surface area contributed by atoms with Gasteiger partial charge in [-0.25, -0.2) is 13.1 Å². The van der Waals surface area contributed by atoms with Gasteiger partial charge in [-0.3, -0.25) is 16.0 Å². The van der Waals surface area contributed by atoms with Crippen LogP contribution in [0.25, 0.3) is 0 Å². The molecule has 2 rings (SSSR count). The average Bonchev–Trinajstić information content (AvgIpc) is 2.42. The summed E-state index contributed by atoms with van der Waals surface area (Å²) in [5.74, 6) is 5.19. The van der Waals surface area contributed by atoms with Crippen molar-refractivity contribution >= 4 is 21.4 Å². The van der Waals surface area contributed by atoms with E-state index in [1.807, 2.05) is 6.92 Å². The molecule has 0 amide bonds. The molecule has 1 aromatic carbocycles. The van der Waals surface area contributed by atoms with Crippen LogP contribution in [0.15, 0.2) is 23.1 Å². The summed E-state index contributed by atoms with van der Waals surface area (Å²) >= 11 is 0. The fourth-order valence-electron chi connectivity index (χ4n) is 2.45. The molecule has 0 radical (unpaired) electrons. The van der Waals surface area contributed by atoms with E-state index in [1.165, 1.54) is 12.1 Å². The van der Waals surface area contributed by atoms with Crippen molar-refractivity contribution in [1.82, 2.24) is 4.72 Å². The van der Waals surface area contributed by atoms with Crippen LogP contribution in [0.1, 0.15) is 32.6 Å². The lowest BCUT2D eigenvalue weighted by Gasteiger charge is -2.41. The molecule has 9 heteroatoms. The molecule has 0 saturated heterocycles. The number of nitro groups is 1. The lowest BCUT2D eigenvalue weighted by Crippen LogP contribution is -2.52. The number of anilines is 1. The number of nitrogen functional groups attached to an aromatic ring is 1. The Morgan fingerprint density at radius 2 is 2.10 bits per heavy atom. The summed E-state index contributed by atoms with van der Waals surface area (Å²) in [6.07, 6.45) is 3.11. The Balaban J connectivity index is 2.42. The Hall–Kier alpha value is -1.71. The fourth-order valence-corrected chi connectivity index (χ4v) is 4.13. The molecule has 1 aromatic rings. The van der Waals surface area contributed by atoms with Crippen molar-refractivity contribution in [2.45, 2.75) is 43.0 Å². The highest BCUT2D eigenvalue weighted by molar-refractivity contribution is 7.89. The SMILES string of the molecule is CCC1(NS(=O)(=O)c2ccc(NN)cc2[N+](=O)[O-])CCC1. The van der Waals surface area contributed by atoms with E-state index < -0.39 is 26.2 Å². The number of benzene rings is 1. The van der Waals surface area contributed by atoms with Crippen molar-refractivity contribution in [3.05, 3.63) is 28.3 Å². The molecule has 1 aliphatic carbocycles. The van der Waals surface area contributed by atoms with Crippen LogP contribution in [0.4, 0.5) is 11.4 Å². The highest BCUT2D eigenvalue weighted by Gasteiger charge is 2.40. The number of hydrogen-bond donors (Lipinski definition) is 3. The molecule has 0 aliphatic heterocycles. The minimum absolute atomic E-state index is 0.273. The Kier molecular flexibility index (Phi) is 4.17. The van der Waals surface area contributed by atoms with Crippen LogP contribution in [0.2, 0.25) is 0 Å². The number of nitrogens with two attached hydrogens (primary N) is 1. The minimum atomic E-state index is -3.95. The fraction of sp³-hybridized carbons (Fsp3) is 0.500. The maximum absolute atomic E-state index is 12.5. The van der Waals surface area contributed by atoms with Gasteiger partial charge < -0.3 is 5.43 Å². The summed E-state index contributed by atoms with van der Waals surface area (Å²) in [7, 11) is -3.95.